The van der Waals surface area contributed by atoms with Crippen LogP contribution >= 0.6 is 0 Å². The van der Waals surface area contributed by atoms with E-state index in [-0.39, 0.29) is 22.5 Å². The predicted molar refractivity (Wildman–Crippen MR) is 73.3 cm³/mol. The summed E-state index contributed by atoms with van der Waals surface area (Å²) in [4.78, 5) is 11.8. The third-order valence-corrected chi connectivity index (χ3v) is 4.25. The number of para-hydroxylation sites is 1. The van der Waals surface area contributed by atoms with E-state index < -0.39 is 10.8 Å². The smallest absolute Gasteiger partial charge is 0.255 e. The van der Waals surface area contributed by atoms with E-state index in [1.54, 1.807) is 31.4 Å². The maximum absolute atomic E-state index is 11.8. The highest BCUT2D eigenvalue weighted by Crippen LogP contribution is 2.20. The molecule has 0 fully saturated rings. The molecule has 0 saturated carbocycles. The maximum atomic E-state index is 11.8. The molecule has 0 aliphatic rings. The van der Waals surface area contributed by atoms with Crippen molar-refractivity contribution < 1.29 is 14.1 Å². The zero-order valence-electron chi connectivity index (χ0n) is 10.9. The first-order valence-corrected chi connectivity index (χ1v) is 7.44. The second-order valence-corrected chi connectivity index (χ2v) is 6.13. The summed E-state index contributed by atoms with van der Waals surface area (Å²) >= 11 is 0. The van der Waals surface area contributed by atoms with Gasteiger partial charge in [-0.15, -0.1) is 0 Å². The van der Waals surface area contributed by atoms with E-state index in [2.05, 4.69) is 5.32 Å². The van der Waals surface area contributed by atoms with Gasteiger partial charge in [0.2, 0.25) is 0 Å². The number of aryl methyl sites for hydroxylation is 1. The monoisotopic (exact) mass is 269 g/mol. The Morgan fingerprint density at radius 3 is 2.78 bits per heavy atom. The second kappa shape index (κ2) is 6.54. The van der Waals surface area contributed by atoms with Gasteiger partial charge in [0, 0.05) is 28.9 Å². The fourth-order valence-corrected chi connectivity index (χ4v) is 1.94. The molecule has 2 N–H and O–H groups in total. The van der Waals surface area contributed by atoms with E-state index in [1.165, 1.54) is 0 Å². The molecule has 0 aliphatic carbocycles. The topological polar surface area (TPSA) is 66.4 Å². The number of rotatable bonds is 5. The Bertz CT molecular complexity index is 460. The zero-order valence-corrected chi connectivity index (χ0v) is 11.7. The van der Waals surface area contributed by atoms with Crippen LogP contribution in [0.25, 0.3) is 0 Å². The first-order chi connectivity index (χ1) is 8.43. The van der Waals surface area contributed by atoms with Crippen molar-refractivity contribution in [1.29, 1.82) is 0 Å². The third kappa shape index (κ3) is 3.84. The van der Waals surface area contributed by atoms with Crippen molar-refractivity contribution in [2.75, 3.05) is 12.8 Å². The van der Waals surface area contributed by atoms with Crippen LogP contribution < -0.4 is 5.32 Å². The lowest BCUT2D eigenvalue weighted by molar-refractivity contribution is 0.0950. The summed E-state index contributed by atoms with van der Waals surface area (Å²) in [5, 5.41) is 12.5. The maximum Gasteiger partial charge on any atom is 0.255 e. The van der Waals surface area contributed by atoms with Gasteiger partial charge in [0.15, 0.2) is 0 Å². The summed E-state index contributed by atoms with van der Waals surface area (Å²) in [7, 11) is -0.878. The van der Waals surface area contributed by atoms with Crippen molar-refractivity contribution in [3.8, 4) is 5.75 Å². The third-order valence-electron chi connectivity index (χ3n) is 2.89. The first kappa shape index (κ1) is 14.7. The minimum Gasteiger partial charge on any atom is -0.507 e. The molecule has 18 heavy (non-hydrogen) atoms. The summed E-state index contributed by atoms with van der Waals surface area (Å²) in [5.41, 5.74) is 0.950. The number of nitrogens with one attached hydrogen (secondary N) is 1. The number of hydrogen-bond donors (Lipinski definition) is 2. The Hall–Kier alpha value is -1.36. The highest BCUT2D eigenvalue weighted by molar-refractivity contribution is 7.84. The molecule has 4 nitrogen and oxygen atoms in total. The van der Waals surface area contributed by atoms with Crippen LogP contribution in [-0.2, 0) is 10.8 Å². The molecule has 1 aromatic carbocycles. The molecule has 2 unspecified atom stereocenters. The van der Waals surface area contributed by atoms with Crippen LogP contribution in [0.4, 0.5) is 0 Å². The van der Waals surface area contributed by atoms with Gasteiger partial charge in [-0.3, -0.25) is 9.00 Å². The van der Waals surface area contributed by atoms with Gasteiger partial charge < -0.3 is 10.4 Å². The number of aromatic hydroxyl groups is 1. The van der Waals surface area contributed by atoms with Crippen molar-refractivity contribution in [2.24, 2.45) is 0 Å². The van der Waals surface area contributed by atoms with Crippen LogP contribution in [0.15, 0.2) is 18.2 Å². The highest BCUT2D eigenvalue weighted by atomic mass is 32.2. The quantitative estimate of drug-likeness (QED) is 0.853. The number of amides is 1. The minimum absolute atomic E-state index is 0.0158. The number of carbonyl (C=O) groups is 1. The average Bonchev–Trinajstić information content (AvgIpc) is 2.32. The molecule has 1 rings (SSSR count). The number of hydrogen-bond acceptors (Lipinski definition) is 3. The van der Waals surface area contributed by atoms with Crippen LogP contribution in [0.2, 0.25) is 0 Å². The van der Waals surface area contributed by atoms with Gasteiger partial charge in [0.05, 0.1) is 5.56 Å². The molecule has 0 saturated heterocycles. The molecule has 2 atom stereocenters. The molecule has 100 valence electrons. The van der Waals surface area contributed by atoms with E-state index in [0.29, 0.717) is 18.5 Å². The summed E-state index contributed by atoms with van der Waals surface area (Å²) in [6, 6.07) is 5.06. The van der Waals surface area contributed by atoms with E-state index in [1.807, 2.05) is 6.92 Å². The lowest BCUT2D eigenvalue weighted by atomic mass is 10.1. The molecule has 0 heterocycles. The van der Waals surface area contributed by atoms with Crippen molar-refractivity contribution in [2.45, 2.75) is 25.5 Å². The standard InChI is InChI=1S/C13H19NO3S/c1-9-5-4-6-11(12(9)15)13(16)14-8-7-10(2)18(3)17/h4-6,10,15H,7-8H2,1-3H3,(H,14,16). The Balaban J connectivity index is 2.56. The van der Waals surface area contributed by atoms with Gasteiger partial charge in [-0.1, -0.05) is 19.1 Å². The van der Waals surface area contributed by atoms with Crippen LogP contribution in [-0.4, -0.2) is 33.3 Å². The fraction of sp³-hybridized carbons (Fsp3) is 0.462. The molecular weight excluding hydrogens is 250 g/mol. The summed E-state index contributed by atoms with van der Waals surface area (Å²) in [5.74, 6) is -0.285. The van der Waals surface area contributed by atoms with Crippen molar-refractivity contribution in [3.63, 3.8) is 0 Å². The Labute approximate surface area is 110 Å². The van der Waals surface area contributed by atoms with Gasteiger partial charge in [0.1, 0.15) is 5.75 Å². The van der Waals surface area contributed by atoms with Gasteiger partial charge in [-0.2, -0.15) is 0 Å². The van der Waals surface area contributed by atoms with E-state index in [0.717, 1.165) is 0 Å². The van der Waals surface area contributed by atoms with Crippen LogP contribution in [0.5, 0.6) is 5.75 Å². The van der Waals surface area contributed by atoms with Crippen molar-refractivity contribution >= 4 is 16.7 Å². The van der Waals surface area contributed by atoms with Crippen molar-refractivity contribution in [1.82, 2.24) is 5.32 Å². The molecule has 0 spiro atoms. The van der Waals surface area contributed by atoms with Gasteiger partial charge in [-0.05, 0) is 25.0 Å². The highest BCUT2D eigenvalue weighted by Gasteiger charge is 2.12. The summed E-state index contributed by atoms with van der Waals surface area (Å²) < 4.78 is 11.1. The molecule has 0 bridgehead atoms. The normalized spacial score (nSPS) is 13.9. The molecule has 1 amide bonds. The first-order valence-electron chi connectivity index (χ1n) is 5.82. The number of phenolic OH excluding ortho intramolecular Hbond substituents is 1. The van der Waals surface area contributed by atoms with E-state index in [9.17, 15) is 14.1 Å². The predicted octanol–water partition coefficient (Wildman–Crippen LogP) is 1.59. The Morgan fingerprint density at radius 1 is 1.50 bits per heavy atom. The van der Waals surface area contributed by atoms with Gasteiger partial charge in [0.25, 0.3) is 5.91 Å². The van der Waals surface area contributed by atoms with Gasteiger partial charge >= 0.3 is 0 Å². The van der Waals surface area contributed by atoms with Crippen LogP contribution in [0.1, 0.15) is 29.3 Å². The fourth-order valence-electron chi connectivity index (χ4n) is 1.49. The SMILES string of the molecule is Cc1cccc(C(=O)NCCC(C)S(C)=O)c1O. The summed E-state index contributed by atoms with van der Waals surface area (Å²) in [6.07, 6.45) is 2.31. The van der Waals surface area contributed by atoms with Crippen LogP contribution in [0, 0.1) is 6.92 Å². The molecule has 1 aromatic rings. The minimum atomic E-state index is -0.878. The molecular formula is C13H19NO3S. The molecule has 5 heteroatoms. The number of phenols is 1. The zero-order chi connectivity index (χ0) is 13.7. The van der Waals surface area contributed by atoms with Crippen molar-refractivity contribution in [3.05, 3.63) is 29.3 Å². The Kier molecular flexibility index (Phi) is 5.34. The molecule has 0 radical (unpaired) electrons. The lowest BCUT2D eigenvalue weighted by Gasteiger charge is -2.10. The average molecular weight is 269 g/mol. The van der Waals surface area contributed by atoms with E-state index >= 15 is 0 Å². The van der Waals surface area contributed by atoms with Crippen LogP contribution in [0.3, 0.4) is 0 Å². The number of carbonyl (C=O) groups excluding carboxylic acids is 1. The Morgan fingerprint density at radius 2 is 2.17 bits per heavy atom. The number of benzene rings is 1. The second-order valence-electron chi connectivity index (χ2n) is 4.32. The largest absolute Gasteiger partial charge is 0.507 e. The molecule has 0 aromatic heterocycles. The lowest BCUT2D eigenvalue weighted by Crippen LogP contribution is -2.27. The summed E-state index contributed by atoms with van der Waals surface area (Å²) in [6.45, 7) is 4.08. The van der Waals surface area contributed by atoms with E-state index in [4.69, 9.17) is 0 Å². The van der Waals surface area contributed by atoms with Gasteiger partial charge in [-0.25, -0.2) is 0 Å². The molecule has 0 aliphatic heterocycles.